The predicted octanol–water partition coefficient (Wildman–Crippen LogP) is 0.900. The van der Waals surface area contributed by atoms with Crippen LogP contribution in [0.1, 0.15) is 13.8 Å². The fourth-order valence-electron chi connectivity index (χ4n) is 1.81. The van der Waals surface area contributed by atoms with Gasteiger partial charge in [-0.1, -0.05) is 4.57 Å². The summed E-state index contributed by atoms with van der Waals surface area (Å²) in [5.41, 5.74) is 2.14. The summed E-state index contributed by atoms with van der Waals surface area (Å²) in [7, 11) is 7.80. The molecule has 0 aromatic carbocycles. The number of hydrogen-bond acceptors (Lipinski definition) is 7. The van der Waals surface area contributed by atoms with Gasteiger partial charge in [-0.15, -0.1) is 4.39 Å². The van der Waals surface area contributed by atoms with Crippen LogP contribution < -0.4 is 19.1 Å². The van der Waals surface area contributed by atoms with Crippen molar-refractivity contribution >= 4 is 23.7 Å². The second-order valence-corrected chi connectivity index (χ2v) is 6.28. The second-order valence-electron chi connectivity index (χ2n) is 6.28. The van der Waals surface area contributed by atoms with E-state index in [9.17, 15) is 18.0 Å². The minimum absolute atomic E-state index is 0. The highest BCUT2D eigenvalue weighted by atomic mass is 19.2. The predicted molar refractivity (Wildman–Crippen MR) is 110 cm³/mol. The van der Waals surface area contributed by atoms with Crippen molar-refractivity contribution in [2.24, 2.45) is 0 Å². The third-order valence-corrected chi connectivity index (χ3v) is 3.24. The van der Waals surface area contributed by atoms with Gasteiger partial charge in [0.05, 0.1) is 0 Å². The molecule has 2 aromatic rings. The molecule has 2 unspecified atom stereocenters. The van der Waals surface area contributed by atoms with E-state index in [1.807, 2.05) is 50.1 Å². The molecule has 0 saturated carbocycles. The van der Waals surface area contributed by atoms with Crippen LogP contribution in [0.2, 0.25) is 0 Å². The molecule has 0 bridgehead atoms. The molecule has 2 rings (SSSR count). The lowest BCUT2D eigenvalue weighted by Gasteiger charge is -2.10. The molecule has 0 aliphatic carbocycles. The Morgan fingerprint density at radius 3 is 1.56 bits per heavy atom. The van der Waals surface area contributed by atoms with E-state index in [1.54, 1.807) is 24.5 Å². The first-order valence-electron chi connectivity index (χ1n) is 9.05. The molecule has 0 radical (unpaired) electrons. The van der Waals surface area contributed by atoms with Crippen molar-refractivity contribution in [2.45, 2.75) is 26.6 Å². The molecule has 0 aliphatic rings. The molecular formula is C20H28F4N4O4. The van der Waals surface area contributed by atoms with Crippen molar-refractivity contribution < 1.29 is 41.5 Å². The summed E-state index contributed by atoms with van der Waals surface area (Å²) in [5.74, 6) is 0. The van der Waals surface area contributed by atoms with Gasteiger partial charge >= 0.3 is 12.3 Å². The van der Waals surface area contributed by atoms with Gasteiger partial charge in [-0.3, -0.25) is 4.98 Å². The van der Waals surface area contributed by atoms with Crippen molar-refractivity contribution in [3.8, 4) is 0 Å². The highest BCUT2D eigenvalue weighted by molar-refractivity contribution is 5.58. The van der Waals surface area contributed by atoms with Crippen LogP contribution >= 0.6 is 0 Å². The Hall–Kier alpha value is -3.44. The number of carbonyl (C=O) groups is 2. The van der Waals surface area contributed by atoms with Gasteiger partial charge in [0.1, 0.15) is 0 Å². The van der Waals surface area contributed by atoms with Crippen molar-refractivity contribution in [2.75, 3.05) is 38.0 Å². The topological polar surface area (TPSA) is 75.9 Å². The summed E-state index contributed by atoms with van der Waals surface area (Å²) < 4.78 is 43.3. The van der Waals surface area contributed by atoms with Gasteiger partial charge in [0.15, 0.2) is 12.4 Å². The molecule has 0 saturated heterocycles. The largest absolute Gasteiger partial charge is 1.00 e. The molecule has 180 valence electrons. The van der Waals surface area contributed by atoms with Crippen LogP contribution in [-0.2, 0) is 9.47 Å². The summed E-state index contributed by atoms with van der Waals surface area (Å²) in [5, 5.41) is 0. The number of halogens is 4. The summed E-state index contributed by atoms with van der Waals surface area (Å²) in [6.07, 6.45) is 0.367. The van der Waals surface area contributed by atoms with Crippen LogP contribution in [0.3, 0.4) is 0 Å². The van der Waals surface area contributed by atoms with E-state index in [4.69, 9.17) is 4.79 Å². The monoisotopic (exact) mass is 464 g/mol. The Kier molecular flexibility index (Phi) is 15.6. The Morgan fingerprint density at radius 1 is 0.875 bits per heavy atom. The molecule has 0 amide bonds. The number of aromatic nitrogens is 2. The molecule has 0 aliphatic heterocycles. The Balaban J connectivity index is 0. The number of pyridine rings is 2. The zero-order valence-electron chi connectivity index (χ0n) is 18.7. The Labute approximate surface area is 184 Å². The minimum Gasteiger partial charge on any atom is -1.00 e. The summed E-state index contributed by atoms with van der Waals surface area (Å²) in [4.78, 5) is 28.2. The van der Waals surface area contributed by atoms with Crippen molar-refractivity contribution in [3.05, 3.63) is 49.1 Å². The minimum atomic E-state index is -2.09. The summed E-state index contributed by atoms with van der Waals surface area (Å²) in [6.45, 7) is 2.07. The van der Waals surface area contributed by atoms with E-state index in [1.165, 1.54) is 22.6 Å². The van der Waals surface area contributed by atoms with Gasteiger partial charge in [0, 0.05) is 77.9 Å². The zero-order valence-corrected chi connectivity index (χ0v) is 18.7. The molecule has 0 fully saturated rings. The lowest BCUT2D eigenvalue weighted by atomic mass is 10.4. The normalized spacial score (nSPS) is 11.0. The first kappa shape index (κ1) is 30.8. The maximum Gasteiger partial charge on any atom is 0.604 e. The van der Waals surface area contributed by atoms with Crippen molar-refractivity contribution in [1.82, 2.24) is 4.98 Å². The van der Waals surface area contributed by atoms with Gasteiger partial charge in [-0.2, -0.15) is 4.79 Å². The van der Waals surface area contributed by atoms with E-state index in [2.05, 4.69) is 14.5 Å². The summed E-state index contributed by atoms with van der Waals surface area (Å²) in [6, 6.07) is 7.42. The number of nitrogens with zero attached hydrogens (tertiary/aromatic N) is 4. The van der Waals surface area contributed by atoms with E-state index >= 15 is 0 Å². The molecule has 2 atom stereocenters. The van der Waals surface area contributed by atoms with Crippen LogP contribution in [0.15, 0.2) is 49.1 Å². The quantitative estimate of drug-likeness (QED) is 0.378. The fourth-order valence-corrected chi connectivity index (χ4v) is 1.81. The Bertz CT molecular complexity index is 777. The molecule has 8 nitrogen and oxygen atoms in total. The number of alkyl halides is 2. The molecular weight excluding hydrogens is 436 g/mol. The third kappa shape index (κ3) is 14.5. The third-order valence-electron chi connectivity index (χ3n) is 3.24. The number of anilines is 2. The number of hydrogen-bond donors (Lipinski definition) is 0. The molecule has 12 heteroatoms. The van der Waals surface area contributed by atoms with Gasteiger partial charge in [0.2, 0.25) is 12.7 Å². The van der Waals surface area contributed by atoms with Crippen LogP contribution in [0, 0.1) is 0 Å². The summed E-state index contributed by atoms with van der Waals surface area (Å²) >= 11 is 0. The Morgan fingerprint density at radius 2 is 1.28 bits per heavy atom. The fraction of sp³-hybridized carbons (Fsp3) is 0.400. The zero-order chi connectivity index (χ0) is 24.0. The van der Waals surface area contributed by atoms with Crippen LogP contribution in [0.5, 0.6) is 0 Å². The lowest BCUT2D eigenvalue weighted by Crippen LogP contribution is -3.00. The van der Waals surface area contributed by atoms with Crippen LogP contribution in [0.4, 0.5) is 34.1 Å². The lowest BCUT2D eigenvalue weighted by molar-refractivity contribution is -0.588. The average Bonchev–Trinajstić information content (AvgIpc) is 2.68. The van der Waals surface area contributed by atoms with Gasteiger partial charge in [0.25, 0.3) is 0 Å². The second kappa shape index (κ2) is 16.3. The maximum atomic E-state index is 12.4. The maximum absolute atomic E-state index is 12.4. The first-order chi connectivity index (χ1) is 14.4. The van der Waals surface area contributed by atoms with E-state index in [-0.39, 0.29) is 4.70 Å². The van der Waals surface area contributed by atoms with Crippen LogP contribution in [-0.4, -0.2) is 58.2 Å². The van der Waals surface area contributed by atoms with Crippen LogP contribution in [0.25, 0.3) is 0 Å². The van der Waals surface area contributed by atoms with Gasteiger partial charge in [-0.05, 0) is 12.1 Å². The highest BCUT2D eigenvalue weighted by Crippen LogP contribution is 2.06. The smallest absolute Gasteiger partial charge is 0.604 e. The molecule has 2 aromatic heterocycles. The SMILES string of the molecule is CC(F)OC(=O)F.CC(F)OC(=O)[n+]1ccc(N(C)C)cc1.CN(C)c1ccncc1.[F-]. The van der Waals surface area contributed by atoms with Crippen molar-refractivity contribution in [1.29, 1.82) is 0 Å². The average molecular weight is 464 g/mol. The van der Waals surface area contributed by atoms with E-state index in [0.717, 1.165) is 19.5 Å². The van der Waals surface area contributed by atoms with E-state index in [0.29, 0.717) is 0 Å². The van der Waals surface area contributed by atoms with Gasteiger partial charge in [-0.25, -0.2) is 13.6 Å². The number of ether oxygens (including phenoxy) is 2. The highest BCUT2D eigenvalue weighted by Gasteiger charge is 2.18. The molecule has 2 heterocycles. The molecule has 32 heavy (non-hydrogen) atoms. The van der Waals surface area contributed by atoms with E-state index < -0.39 is 25.0 Å². The van der Waals surface area contributed by atoms with Gasteiger partial charge < -0.3 is 24.0 Å². The number of carbonyl (C=O) groups excluding carboxylic acids is 2. The molecule has 0 N–H and O–H groups in total. The number of rotatable bonds is 4. The molecule has 0 spiro atoms. The van der Waals surface area contributed by atoms with Crippen molar-refractivity contribution in [3.63, 3.8) is 0 Å². The first-order valence-corrected chi connectivity index (χ1v) is 9.05. The standard InChI is InChI=1S/C10H14FN2O2.C7H10N2.C3H4F2O2.FH/c1-8(11)15-10(14)13-6-4-9(5-7-13)12(2)3;1-9(2)7-3-5-8-6-4-7;1-2(4)7-3(5)6;/h4-8H,1-3H3;3-6H,1-2H3;2H,1H3;1H/q+1;;;/p-1.